The summed E-state index contributed by atoms with van der Waals surface area (Å²) in [5, 5.41) is 13.8. The molecule has 0 fully saturated rings. The fourth-order valence-corrected chi connectivity index (χ4v) is 0.948. The highest BCUT2D eigenvalue weighted by molar-refractivity contribution is 5.96. The molecule has 0 saturated carbocycles. The van der Waals surface area contributed by atoms with Crippen LogP contribution in [0, 0.1) is 19.3 Å². The number of amidine groups is 1. The molecule has 62 valence electrons. The van der Waals surface area contributed by atoms with Crippen molar-refractivity contribution in [3.8, 4) is 0 Å². The van der Waals surface area contributed by atoms with Crippen molar-refractivity contribution in [3.05, 3.63) is 17.0 Å². The second kappa shape index (κ2) is 3.39. The largest absolute Gasteiger partial charge is 0.384 e. The Kier molecular flexibility index (Phi) is 3.07. The van der Waals surface area contributed by atoms with Crippen molar-refractivity contribution in [1.29, 1.82) is 5.41 Å². The van der Waals surface area contributed by atoms with Gasteiger partial charge in [0.2, 0.25) is 0 Å². The summed E-state index contributed by atoms with van der Waals surface area (Å²) in [7, 11) is 0. The van der Waals surface area contributed by atoms with Crippen LogP contribution in [-0.2, 0) is 0 Å². The van der Waals surface area contributed by atoms with Gasteiger partial charge < -0.3 is 5.73 Å². The van der Waals surface area contributed by atoms with E-state index < -0.39 is 0 Å². The van der Waals surface area contributed by atoms with Crippen LogP contribution in [0.2, 0.25) is 0 Å². The van der Waals surface area contributed by atoms with Crippen molar-refractivity contribution < 1.29 is 0 Å². The van der Waals surface area contributed by atoms with E-state index in [0.717, 1.165) is 17.0 Å². The maximum absolute atomic E-state index is 7.15. The first-order valence-corrected chi connectivity index (χ1v) is 2.99. The van der Waals surface area contributed by atoms with E-state index in [2.05, 4.69) is 10.2 Å². The summed E-state index contributed by atoms with van der Waals surface area (Å²) < 4.78 is 0. The molecule has 11 heavy (non-hydrogen) atoms. The van der Waals surface area contributed by atoms with Gasteiger partial charge in [0.25, 0.3) is 0 Å². The molecule has 4 N–H and O–H groups in total. The summed E-state index contributed by atoms with van der Waals surface area (Å²) >= 11 is 0. The Bertz CT molecular complexity index is 246. The van der Waals surface area contributed by atoms with E-state index in [1.807, 2.05) is 13.8 Å². The monoisotopic (exact) mass is 174 g/mol. The Morgan fingerprint density at radius 3 is 2.27 bits per heavy atom. The molecule has 4 nitrogen and oxygen atoms in total. The molecular weight excluding hydrogens is 164 g/mol. The molecule has 0 aliphatic heterocycles. The molecule has 1 aromatic heterocycles. The maximum Gasteiger partial charge on any atom is 0.126 e. The van der Waals surface area contributed by atoms with Crippen molar-refractivity contribution in [2.24, 2.45) is 5.73 Å². The Morgan fingerprint density at radius 1 is 1.55 bits per heavy atom. The fourth-order valence-electron chi connectivity index (χ4n) is 0.948. The van der Waals surface area contributed by atoms with Gasteiger partial charge in [0.15, 0.2) is 0 Å². The second-order valence-electron chi connectivity index (χ2n) is 2.22. The van der Waals surface area contributed by atoms with Crippen LogP contribution >= 0.6 is 12.4 Å². The van der Waals surface area contributed by atoms with Crippen LogP contribution in [0.1, 0.15) is 17.0 Å². The minimum atomic E-state index is 0. The lowest BCUT2D eigenvalue weighted by Gasteiger charge is -1.94. The molecule has 1 rings (SSSR count). The molecule has 0 amide bonds. The Labute approximate surface area is 71.1 Å². The number of nitrogen functional groups attached to an aromatic ring is 1. The van der Waals surface area contributed by atoms with Crippen LogP contribution in [0.5, 0.6) is 0 Å². The molecule has 0 atom stereocenters. The van der Waals surface area contributed by atoms with E-state index in [9.17, 15) is 0 Å². The molecule has 0 aliphatic carbocycles. The number of aromatic nitrogens is 2. The summed E-state index contributed by atoms with van der Waals surface area (Å²) in [6.45, 7) is 3.66. The fraction of sp³-hybridized carbons (Fsp3) is 0.333. The Balaban J connectivity index is 0.000001000. The van der Waals surface area contributed by atoms with E-state index in [1.54, 1.807) is 0 Å². The summed E-state index contributed by atoms with van der Waals surface area (Å²) in [5.41, 5.74) is 7.64. The summed E-state index contributed by atoms with van der Waals surface area (Å²) in [6, 6.07) is 0. The van der Waals surface area contributed by atoms with Crippen molar-refractivity contribution >= 4 is 18.2 Å². The van der Waals surface area contributed by atoms with Crippen molar-refractivity contribution in [3.63, 3.8) is 0 Å². The number of nitrogens with two attached hydrogens (primary N) is 1. The minimum absolute atomic E-state index is 0. The topological polar surface area (TPSA) is 78.5 Å². The normalized spacial score (nSPS) is 8.91. The molecule has 5 heteroatoms. The summed E-state index contributed by atoms with van der Waals surface area (Å²) in [5.74, 6) is 0.0729. The minimum Gasteiger partial charge on any atom is -0.384 e. The van der Waals surface area contributed by atoms with Gasteiger partial charge in [-0.25, -0.2) is 0 Å². The molecule has 0 bridgehead atoms. The zero-order chi connectivity index (χ0) is 7.72. The third-order valence-corrected chi connectivity index (χ3v) is 1.40. The van der Waals surface area contributed by atoms with E-state index in [-0.39, 0.29) is 18.2 Å². The SMILES string of the molecule is Cc1n[nH]c(C)c1C(=N)N.Cl. The summed E-state index contributed by atoms with van der Waals surface area (Å²) in [4.78, 5) is 0. The lowest BCUT2D eigenvalue weighted by Crippen LogP contribution is -2.12. The highest BCUT2D eigenvalue weighted by atomic mass is 35.5. The van der Waals surface area contributed by atoms with E-state index in [1.165, 1.54) is 0 Å². The van der Waals surface area contributed by atoms with Gasteiger partial charge in [-0.3, -0.25) is 10.5 Å². The zero-order valence-electron chi connectivity index (χ0n) is 6.43. The highest BCUT2D eigenvalue weighted by Crippen LogP contribution is 2.06. The molecule has 0 saturated heterocycles. The molecule has 0 aliphatic rings. The predicted molar refractivity (Wildman–Crippen MR) is 46.3 cm³/mol. The maximum atomic E-state index is 7.15. The molecule has 0 radical (unpaired) electrons. The number of H-pyrrole nitrogens is 1. The van der Waals surface area contributed by atoms with Gasteiger partial charge in [-0.1, -0.05) is 0 Å². The average Bonchev–Trinajstić information content (AvgIpc) is 2.11. The van der Waals surface area contributed by atoms with E-state index >= 15 is 0 Å². The van der Waals surface area contributed by atoms with Crippen molar-refractivity contribution in [1.82, 2.24) is 10.2 Å². The molecule has 0 spiro atoms. The van der Waals surface area contributed by atoms with Crippen LogP contribution in [0.3, 0.4) is 0 Å². The standard InChI is InChI=1S/C6H10N4.ClH/c1-3-5(6(7)8)4(2)10-9-3;/h1-2H3,(H3,7,8)(H,9,10);1H. The van der Waals surface area contributed by atoms with E-state index in [4.69, 9.17) is 11.1 Å². The number of aryl methyl sites for hydroxylation is 2. The number of halogens is 1. The smallest absolute Gasteiger partial charge is 0.126 e. The van der Waals surface area contributed by atoms with Gasteiger partial charge in [0.05, 0.1) is 11.3 Å². The third kappa shape index (κ3) is 1.71. The zero-order valence-corrected chi connectivity index (χ0v) is 7.25. The van der Waals surface area contributed by atoms with Crippen molar-refractivity contribution in [2.75, 3.05) is 0 Å². The van der Waals surface area contributed by atoms with Crippen LogP contribution in [0.25, 0.3) is 0 Å². The summed E-state index contributed by atoms with van der Waals surface area (Å²) in [6.07, 6.45) is 0. The first-order valence-electron chi connectivity index (χ1n) is 2.99. The van der Waals surface area contributed by atoms with Gasteiger partial charge in [0, 0.05) is 5.69 Å². The average molecular weight is 175 g/mol. The lowest BCUT2D eigenvalue weighted by atomic mass is 10.2. The number of nitrogens with zero attached hydrogens (tertiary/aromatic N) is 1. The Morgan fingerprint density at radius 2 is 2.09 bits per heavy atom. The van der Waals surface area contributed by atoms with Gasteiger partial charge in [-0.15, -0.1) is 12.4 Å². The first kappa shape index (κ1) is 9.97. The van der Waals surface area contributed by atoms with Gasteiger partial charge in [-0.2, -0.15) is 5.10 Å². The molecular formula is C6H11ClN4. The van der Waals surface area contributed by atoms with Crippen LogP contribution in [0.4, 0.5) is 0 Å². The van der Waals surface area contributed by atoms with Crippen molar-refractivity contribution in [2.45, 2.75) is 13.8 Å². The van der Waals surface area contributed by atoms with Gasteiger partial charge in [0.1, 0.15) is 5.84 Å². The number of rotatable bonds is 1. The van der Waals surface area contributed by atoms with Gasteiger partial charge in [-0.05, 0) is 13.8 Å². The van der Waals surface area contributed by atoms with Gasteiger partial charge >= 0.3 is 0 Å². The molecule has 0 unspecified atom stereocenters. The molecule has 1 heterocycles. The van der Waals surface area contributed by atoms with Crippen LogP contribution in [0.15, 0.2) is 0 Å². The molecule has 0 aromatic carbocycles. The van der Waals surface area contributed by atoms with Crippen LogP contribution < -0.4 is 5.73 Å². The van der Waals surface area contributed by atoms with E-state index in [0.29, 0.717) is 0 Å². The number of hydrogen-bond donors (Lipinski definition) is 3. The number of hydrogen-bond acceptors (Lipinski definition) is 2. The number of aromatic amines is 1. The number of nitrogens with one attached hydrogen (secondary N) is 2. The quantitative estimate of drug-likeness (QED) is 0.434. The molecule has 1 aromatic rings. The Hall–Kier alpha value is -1.03. The third-order valence-electron chi connectivity index (χ3n) is 1.40. The lowest BCUT2D eigenvalue weighted by molar-refractivity contribution is 1.02. The first-order chi connectivity index (χ1) is 4.63. The highest BCUT2D eigenvalue weighted by Gasteiger charge is 2.07. The van der Waals surface area contributed by atoms with Crippen LogP contribution in [-0.4, -0.2) is 16.0 Å². The predicted octanol–water partition coefficient (Wildman–Crippen LogP) is 0.732. The second-order valence-corrected chi connectivity index (χ2v) is 2.22.